The second-order valence-corrected chi connectivity index (χ2v) is 6.07. The summed E-state index contributed by atoms with van der Waals surface area (Å²) in [6, 6.07) is 5.47. The number of nitrogens with one attached hydrogen (secondary N) is 2. The molecule has 1 unspecified atom stereocenters. The summed E-state index contributed by atoms with van der Waals surface area (Å²) in [6.07, 6.45) is 1.94. The molecule has 2 amide bonds. The number of carbonyl (C=O) groups is 2. The van der Waals surface area contributed by atoms with E-state index >= 15 is 0 Å². The Labute approximate surface area is 124 Å². The topological polar surface area (TPSA) is 78.4 Å². The van der Waals surface area contributed by atoms with Crippen LogP contribution in [-0.4, -0.2) is 29.1 Å². The van der Waals surface area contributed by atoms with Crippen LogP contribution in [0.1, 0.15) is 30.9 Å². The van der Waals surface area contributed by atoms with Crippen molar-refractivity contribution in [2.24, 2.45) is 5.92 Å². The molecule has 1 aromatic carbocycles. The summed E-state index contributed by atoms with van der Waals surface area (Å²) >= 11 is 0. The molecule has 3 N–H and O–H groups in total. The summed E-state index contributed by atoms with van der Waals surface area (Å²) in [7, 11) is 0. The van der Waals surface area contributed by atoms with Crippen molar-refractivity contribution in [2.45, 2.75) is 39.2 Å². The molecule has 0 radical (unpaired) electrons. The predicted octanol–water partition coefficient (Wildman–Crippen LogP) is 1.52. The molecule has 0 saturated heterocycles. The maximum Gasteiger partial charge on any atom is 0.313 e. The Morgan fingerprint density at radius 3 is 2.48 bits per heavy atom. The van der Waals surface area contributed by atoms with E-state index < -0.39 is 17.4 Å². The molecule has 5 heteroatoms. The first-order valence-corrected chi connectivity index (χ1v) is 7.18. The molecule has 21 heavy (non-hydrogen) atoms. The van der Waals surface area contributed by atoms with Crippen LogP contribution in [0.5, 0.6) is 0 Å². The van der Waals surface area contributed by atoms with Crippen LogP contribution in [0.25, 0.3) is 0 Å². The van der Waals surface area contributed by atoms with E-state index in [-0.39, 0.29) is 12.5 Å². The van der Waals surface area contributed by atoms with E-state index in [1.165, 1.54) is 0 Å². The zero-order valence-electron chi connectivity index (χ0n) is 12.7. The van der Waals surface area contributed by atoms with E-state index in [4.69, 9.17) is 0 Å². The highest BCUT2D eigenvalue weighted by Crippen LogP contribution is 2.38. The van der Waals surface area contributed by atoms with Crippen molar-refractivity contribution in [3.05, 3.63) is 29.3 Å². The molecular formula is C16H22N2O3. The van der Waals surface area contributed by atoms with Gasteiger partial charge in [-0.2, -0.15) is 0 Å². The van der Waals surface area contributed by atoms with E-state index in [0.29, 0.717) is 5.69 Å². The van der Waals surface area contributed by atoms with Crippen LogP contribution in [0.15, 0.2) is 18.2 Å². The van der Waals surface area contributed by atoms with Crippen molar-refractivity contribution in [3.8, 4) is 0 Å². The number of aliphatic hydroxyl groups is 1. The van der Waals surface area contributed by atoms with Gasteiger partial charge in [-0.15, -0.1) is 0 Å². The average Bonchev–Trinajstić information content (AvgIpc) is 3.25. The maximum atomic E-state index is 11.8. The fourth-order valence-corrected chi connectivity index (χ4v) is 2.20. The van der Waals surface area contributed by atoms with Gasteiger partial charge in [-0.05, 0) is 62.8 Å². The smallest absolute Gasteiger partial charge is 0.313 e. The lowest BCUT2D eigenvalue weighted by Gasteiger charge is -2.22. The van der Waals surface area contributed by atoms with Gasteiger partial charge in [-0.25, -0.2) is 0 Å². The minimum absolute atomic E-state index is 0.0941. The van der Waals surface area contributed by atoms with Gasteiger partial charge < -0.3 is 15.7 Å². The Morgan fingerprint density at radius 1 is 1.24 bits per heavy atom. The number of benzene rings is 1. The summed E-state index contributed by atoms with van der Waals surface area (Å²) in [5.41, 5.74) is 1.83. The van der Waals surface area contributed by atoms with Crippen LogP contribution >= 0.6 is 0 Å². The van der Waals surface area contributed by atoms with E-state index in [2.05, 4.69) is 10.6 Å². The molecule has 1 fully saturated rings. The van der Waals surface area contributed by atoms with Crippen molar-refractivity contribution < 1.29 is 14.7 Å². The van der Waals surface area contributed by atoms with Gasteiger partial charge in [0.05, 0.1) is 5.60 Å². The Morgan fingerprint density at radius 2 is 1.90 bits per heavy atom. The number of amides is 2. The molecule has 0 aliphatic heterocycles. The average molecular weight is 290 g/mol. The molecule has 114 valence electrons. The number of anilines is 1. The molecule has 5 nitrogen and oxygen atoms in total. The molecule has 0 spiro atoms. The monoisotopic (exact) mass is 290 g/mol. The zero-order chi connectivity index (χ0) is 15.6. The van der Waals surface area contributed by atoms with Gasteiger partial charge in [0.25, 0.3) is 0 Å². The Bertz CT molecular complexity index is 563. The lowest BCUT2D eigenvalue weighted by Crippen LogP contribution is -2.45. The van der Waals surface area contributed by atoms with Gasteiger partial charge in [-0.1, -0.05) is 6.07 Å². The second-order valence-electron chi connectivity index (χ2n) is 6.07. The van der Waals surface area contributed by atoms with Crippen molar-refractivity contribution in [3.63, 3.8) is 0 Å². The van der Waals surface area contributed by atoms with E-state index in [1.54, 1.807) is 13.0 Å². The molecule has 1 aromatic rings. The van der Waals surface area contributed by atoms with Crippen LogP contribution in [0.4, 0.5) is 5.69 Å². The van der Waals surface area contributed by atoms with E-state index in [1.807, 2.05) is 26.0 Å². The molecule has 2 rings (SSSR count). The molecule has 1 atom stereocenters. The molecule has 0 aromatic heterocycles. The minimum atomic E-state index is -0.934. The van der Waals surface area contributed by atoms with Crippen molar-refractivity contribution in [1.29, 1.82) is 0 Å². The van der Waals surface area contributed by atoms with Crippen molar-refractivity contribution in [2.75, 3.05) is 11.9 Å². The number of rotatable bonds is 4. The summed E-state index contributed by atoms with van der Waals surface area (Å²) in [5.74, 6) is -1.22. The van der Waals surface area contributed by atoms with Gasteiger partial charge in [-0.3, -0.25) is 9.59 Å². The molecule has 1 aliphatic rings. The van der Waals surface area contributed by atoms with Crippen LogP contribution < -0.4 is 10.6 Å². The van der Waals surface area contributed by atoms with Gasteiger partial charge in [0, 0.05) is 12.2 Å². The summed E-state index contributed by atoms with van der Waals surface area (Å²) < 4.78 is 0. The highest BCUT2D eigenvalue weighted by Gasteiger charge is 2.40. The largest absolute Gasteiger partial charge is 0.388 e. The van der Waals surface area contributed by atoms with Crippen LogP contribution in [0, 0.1) is 19.8 Å². The second kappa shape index (κ2) is 5.85. The Balaban J connectivity index is 1.87. The number of hydrogen-bond donors (Lipinski definition) is 3. The molecule has 1 saturated carbocycles. The van der Waals surface area contributed by atoms with Gasteiger partial charge in [0.15, 0.2) is 0 Å². The SMILES string of the molecule is Cc1ccc(NC(=O)C(=O)NCC(C)(O)C2CC2)cc1C. The number of aryl methyl sites for hydroxylation is 2. The third kappa shape index (κ3) is 4.04. The van der Waals surface area contributed by atoms with Crippen LogP contribution in [0.3, 0.4) is 0 Å². The van der Waals surface area contributed by atoms with Gasteiger partial charge in [0.1, 0.15) is 0 Å². The summed E-state index contributed by atoms with van der Waals surface area (Å²) in [4.78, 5) is 23.6. The predicted molar refractivity (Wildman–Crippen MR) is 80.9 cm³/mol. The quantitative estimate of drug-likeness (QED) is 0.736. The number of hydrogen-bond acceptors (Lipinski definition) is 3. The molecular weight excluding hydrogens is 268 g/mol. The fraction of sp³-hybridized carbons (Fsp3) is 0.500. The minimum Gasteiger partial charge on any atom is -0.388 e. The standard InChI is InChI=1S/C16H22N2O3/c1-10-4-7-13(8-11(10)2)18-15(20)14(19)17-9-16(3,21)12-5-6-12/h4,7-8,12,21H,5-6,9H2,1-3H3,(H,17,19)(H,18,20). The fourth-order valence-electron chi connectivity index (χ4n) is 2.20. The molecule has 0 bridgehead atoms. The lowest BCUT2D eigenvalue weighted by molar-refractivity contribution is -0.136. The van der Waals surface area contributed by atoms with Crippen LogP contribution in [0.2, 0.25) is 0 Å². The van der Waals surface area contributed by atoms with E-state index in [9.17, 15) is 14.7 Å². The first-order chi connectivity index (χ1) is 9.79. The van der Waals surface area contributed by atoms with Crippen molar-refractivity contribution in [1.82, 2.24) is 5.32 Å². The van der Waals surface area contributed by atoms with Crippen molar-refractivity contribution >= 4 is 17.5 Å². The zero-order valence-corrected chi connectivity index (χ0v) is 12.7. The third-order valence-electron chi connectivity index (χ3n) is 4.03. The third-order valence-corrected chi connectivity index (χ3v) is 4.03. The van der Waals surface area contributed by atoms with Crippen LogP contribution in [-0.2, 0) is 9.59 Å². The summed E-state index contributed by atoms with van der Waals surface area (Å²) in [5, 5.41) is 15.1. The summed E-state index contributed by atoms with van der Waals surface area (Å²) in [6.45, 7) is 5.70. The Hall–Kier alpha value is -1.88. The highest BCUT2D eigenvalue weighted by molar-refractivity contribution is 6.39. The number of carbonyl (C=O) groups excluding carboxylic acids is 2. The first kappa shape index (κ1) is 15.5. The van der Waals surface area contributed by atoms with Gasteiger partial charge in [0.2, 0.25) is 0 Å². The highest BCUT2D eigenvalue weighted by atomic mass is 16.3. The maximum absolute atomic E-state index is 11.8. The van der Waals surface area contributed by atoms with E-state index in [0.717, 1.165) is 24.0 Å². The normalized spacial score (nSPS) is 17.0. The Kier molecular flexibility index (Phi) is 4.32. The molecule has 0 heterocycles. The lowest BCUT2D eigenvalue weighted by atomic mass is 10.0. The first-order valence-electron chi connectivity index (χ1n) is 7.18. The van der Waals surface area contributed by atoms with Gasteiger partial charge >= 0.3 is 11.8 Å². The molecule has 1 aliphatic carbocycles.